The van der Waals surface area contributed by atoms with E-state index in [0.29, 0.717) is 34.4 Å². The van der Waals surface area contributed by atoms with E-state index in [4.69, 9.17) is 18.9 Å². The summed E-state index contributed by atoms with van der Waals surface area (Å²) in [6.45, 7) is 2.53. The first-order valence-corrected chi connectivity index (χ1v) is 10.8. The van der Waals surface area contributed by atoms with Gasteiger partial charge in [-0.2, -0.15) is 5.26 Å². The number of allylic oxidation sites excluding steroid dienone is 1. The second-order valence-electron chi connectivity index (χ2n) is 6.55. The predicted octanol–water partition coefficient (Wildman–Crippen LogP) is 4.99. The lowest BCUT2D eigenvalue weighted by molar-refractivity contribution is 0.0601. The molecule has 1 heterocycles. The highest BCUT2D eigenvalue weighted by atomic mass is 32.1. The molecule has 1 aromatic heterocycles. The summed E-state index contributed by atoms with van der Waals surface area (Å²) in [6.07, 6.45) is 1.49. The lowest BCUT2D eigenvalue weighted by atomic mass is 10.1. The van der Waals surface area contributed by atoms with Crippen LogP contribution in [0.25, 0.3) is 16.8 Å². The molecule has 0 amide bonds. The third-order valence-electron chi connectivity index (χ3n) is 4.62. The van der Waals surface area contributed by atoms with Gasteiger partial charge in [-0.05, 0) is 31.2 Å². The number of methoxy groups -OCH3 is 3. The van der Waals surface area contributed by atoms with Crippen LogP contribution < -0.4 is 19.5 Å². The second-order valence-corrected chi connectivity index (χ2v) is 7.41. The molecule has 0 aliphatic carbocycles. The number of nitriles is 1. The third kappa shape index (κ3) is 5.42. The van der Waals surface area contributed by atoms with Gasteiger partial charge in [0.25, 0.3) is 0 Å². The minimum atomic E-state index is -0.558. The third-order valence-corrected chi connectivity index (χ3v) is 5.49. The fourth-order valence-corrected chi connectivity index (χ4v) is 3.78. The zero-order valence-corrected chi connectivity index (χ0v) is 19.5. The minimum absolute atomic E-state index is 0.234. The Hall–Kier alpha value is -4.03. The number of rotatable bonds is 9. The molecule has 3 rings (SSSR count). The summed E-state index contributed by atoms with van der Waals surface area (Å²) < 4.78 is 20.9. The number of aromatic nitrogens is 1. The van der Waals surface area contributed by atoms with E-state index >= 15 is 0 Å². The molecule has 0 spiro atoms. The maximum atomic E-state index is 12.2. The number of benzene rings is 2. The largest absolute Gasteiger partial charge is 0.494 e. The van der Waals surface area contributed by atoms with Crippen molar-refractivity contribution >= 4 is 28.6 Å². The van der Waals surface area contributed by atoms with Crippen molar-refractivity contribution in [2.45, 2.75) is 6.92 Å². The van der Waals surface area contributed by atoms with Gasteiger partial charge in [0.15, 0.2) is 11.5 Å². The standard InChI is InChI=1S/C24H23N3O5S/c1-5-32-17-8-6-15(7-9-17)20-14-33-23(27-20)16(12-25)13-26-19-11-22(30-3)21(29-2)10-18(19)24(28)31-4/h6-11,13-14,26H,5H2,1-4H3/b16-13+. The topological polar surface area (TPSA) is 103 Å². The SMILES string of the molecule is CCOc1ccc(-c2csc(/C(C#N)=C/Nc3cc(OC)c(OC)cc3C(=O)OC)n2)cc1. The van der Waals surface area contributed by atoms with Crippen molar-refractivity contribution in [1.82, 2.24) is 4.98 Å². The Labute approximate surface area is 196 Å². The first-order chi connectivity index (χ1) is 16.0. The molecule has 1 N–H and O–H groups in total. The molecule has 0 atom stereocenters. The molecule has 0 unspecified atom stereocenters. The van der Waals surface area contributed by atoms with E-state index in [1.165, 1.54) is 44.9 Å². The van der Waals surface area contributed by atoms with Gasteiger partial charge in [0, 0.05) is 29.3 Å². The highest BCUT2D eigenvalue weighted by molar-refractivity contribution is 7.11. The maximum absolute atomic E-state index is 12.2. The van der Waals surface area contributed by atoms with E-state index in [0.717, 1.165) is 17.0 Å². The smallest absolute Gasteiger partial charge is 0.340 e. The number of esters is 1. The number of nitrogens with zero attached hydrogens (tertiary/aromatic N) is 2. The van der Waals surface area contributed by atoms with Crippen molar-refractivity contribution in [2.24, 2.45) is 0 Å². The lowest BCUT2D eigenvalue weighted by Crippen LogP contribution is -2.07. The van der Waals surface area contributed by atoms with Gasteiger partial charge in [0.1, 0.15) is 22.4 Å². The highest BCUT2D eigenvalue weighted by Gasteiger charge is 2.18. The van der Waals surface area contributed by atoms with Crippen LogP contribution in [0.2, 0.25) is 0 Å². The van der Waals surface area contributed by atoms with Crippen molar-refractivity contribution in [2.75, 3.05) is 33.3 Å². The van der Waals surface area contributed by atoms with Gasteiger partial charge >= 0.3 is 5.97 Å². The zero-order chi connectivity index (χ0) is 23.8. The zero-order valence-electron chi connectivity index (χ0n) is 18.7. The Kier molecular flexibility index (Phi) is 7.89. The average Bonchev–Trinajstić information content (AvgIpc) is 3.34. The van der Waals surface area contributed by atoms with Gasteiger partial charge in [0.2, 0.25) is 0 Å². The maximum Gasteiger partial charge on any atom is 0.340 e. The van der Waals surface area contributed by atoms with Crippen LogP contribution in [0.5, 0.6) is 17.2 Å². The number of hydrogen-bond donors (Lipinski definition) is 1. The molecule has 3 aromatic rings. The predicted molar refractivity (Wildman–Crippen MR) is 127 cm³/mol. The fourth-order valence-electron chi connectivity index (χ4n) is 2.99. The Morgan fingerprint density at radius 1 is 1.15 bits per heavy atom. The summed E-state index contributed by atoms with van der Waals surface area (Å²) in [6, 6.07) is 12.9. The van der Waals surface area contributed by atoms with Crippen LogP contribution >= 0.6 is 11.3 Å². The van der Waals surface area contributed by atoms with Crippen molar-refractivity contribution in [1.29, 1.82) is 5.26 Å². The van der Waals surface area contributed by atoms with E-state index in [1.54, 1.807) is 6.07 Å². The molecule has 2 aromatic carbocycles. The molecule has 0 aliphatic heterocycles. The molecule has 8 nitrogen and oxygen atoms in total. The van der Waals surface area contributed by atoms with Crippen molar-refractivity contribution in [3.63, 3.8) is 0 Å². The minimum Gasteiger partial charge on any atom is -0.494 e. The molecule has 0 saturated carbocycles. The van der Waals surface area contributed by atoms with Gasteiger partial charge in [0.05, 0.1) is 44.9 Å². The molecule has 0 bridgehead atoms. The summed E-state index contributed by atoms with van der Waals surface area (Å²) >= 11 is 1.35. The van der Waals surface area contributed by atoms with Crippen LogP contribution in [-0.2, 0) is 4.74 Å². The van der Waals surface area contributed by atoms with Crippen molar-refractivity contribution in [3.8, 4) is 34.6 Å². The number of nitrogens with one attached hydrogen (secondary N) is 1. The molecule has 0 saturated heterocycles. The molecular weight excluding hydrogens is 442 g/mol. The van der Waals surface area contributed by atoms with Crippen LogP contribution in [0.1, 0.15) is 22.3 Å². The van der Waals surface area contributed by atoms with E-state index in [-0.39, 0.29) is 5.56 Å². The van der Waals surface area contributed by atoms with Gasteiger partial charge < -0.3 is 24.3 Å². The summed E-state index contributed by atoms with van der Waals surface area (Å²) in [7, 11) is 4.26. The summed E-state index contributed by atoms with van der Waals surface area (Å²) in [5.74, 6) is 1.03. The number of carbonyl (C=O) groups is 1. The van der Waals surface area contributed by atoms with Crippen LogP contribution in [0.4, 0.5) is 5.69 Å². The Bertz CT molecular complexity index is 1200. The molecule has 33 heavy (non-hydrogen) atoms. The Morgan fingerprint density at radius 2 is 1.85 bits per heavy atom. The lowest BCUT2D eigenvalue weighted by Gasteiger charge is -2.13. The summed E-state index contributed by atoms with van der Waals surface area (Å²) in [4.78, 5) is 16.8. The van der Waals surface area contributed by atoms with Crippen molar-refractivity contribution in [3.05, 3.63) is 58.5 Å². The first kappa shape index (κ1) is 23.6. The average molecular weight is 466 g/mol. The van der Waals surface area contributed by atoms with E-state index < -0.39 is 5.97 Å². The van der Waals surface area contributed by atoms with Gasteiger partial charge in [-0.25, -0.2) is 9.78 Å². The number of anilines is 1. The van der Waals surface area contributed by atoms with Gasteiger partial charge in [-0.3, -0.25) is 0 Å². The molecular formula is C24H23N3O5S. The van der Waals surface area contributed by atoms with Gasteiger partial charge in [-0.15, -0.1) is 11.3 Å². The van der Waals surface area contributed by atoms with Crippen LogP contribution in [0.3, 0.4) is 0 Å². The van der Waals surface area contributed by atoms with Crippen molar-refractivity contribution < 1.29 is 23.7 Å². The first-order valence-electron chi connectivity index (χ1n) is 9.94. The van der Waals surface area contributed by atoms with E-state index in [2.05, 4.69) is 16.4 Å². The molecule has 0 aliphatic rings. The van der Waals surface area contributed by atoms with E-state index in [9.17, 15) is 10.1 Å². The van der Waals surface area contributed by atoms with Crippen LogP contribution in [0, 0.1) is 11.3 Å². The Balaban J connectivity index is 1.89. The number of carbonyl (C=O) groups excluding carboxylic acids is 1. The molecule has 9 heteroatoms. The van der Waals surface area contributed by atoms with E-state index in [1.807, 2.05) is 36.6 Å². The second kappa shape index (κ2) is 11.0. The highest BCUT2D eigenvalue weighted by Crippen LogP contribution is 2.34. The van der Waals surface area contributed by atoms with Crippen LogP contribution in [-0.4, -0.2) is 38.9 Å². The fraction of sp³-hybridized carbons (Fsp3) is 0.208. The normalized spacial score (nSPS) is 10.8. The monoisotopic (exact) mass is 465 g/mol. The number of thiazole rings is 1. The van der Waals surface area contributed by atoms with Crippen LogP contribution in [0.15, 0.2) is 48.0 Å². The molecule has 0 fully saturated rings. The Morgan fingerprint density at radius 3 is 2.45 bits per heavy atom. The summed E-state index contributed by atoms with van der Waals surface area (Å²) in [5, 5.41) is 15.1. The number of hydrogen-bond acceptors (Lipinski definition) is 9. The molecule has 170 valence electrons. The van der Waals surface area contributed by atoms with Gasteiger partial charge in [-0.1, -0.05) is 0 Å². The molecule has 0 radical (unpaired) electrons. The summed E-state index contributed by atoms with van der Waals surface area (Å²) in [5.41, 5.74) is 2.61. The quantitative estimate of drug-likeness (QED) is 0.348. The number of ether oxygens (including phenoxy) is 4.